The van der Waals surface area contributed by atoms with Crippen molar-refractivity contribution >= 4 is 23.1 Å². The topological polar surface area (TPSA) is 85.2 Å². The van der Waals surface area contributed by atoms with Gasteiger partial charge >= 0.3 is 6.09 Å². The van der Waals surface area contributed by atoms with Gasteiger partial charge in [-0.1, -0.05) is 0 Å². The Bertz CT molecular complexity index is 733. The zero-order valence-electron chi connectivity index (χ0n) is 13.3. The minimum absolute atomic E-state index is 0.0755. The molecule has 0 aromatic carbocycles. The van der Waals surface area contributed by atoms with Crippen molar-refractivity contribution in [2.75, 3.05) is 18.0 Å². The molecule has 0 atom stereocenters. The highest BCUT2D eigenvalue weighted by atomic mass is 16.6. The third-order valence-corrected chi connectivity index (χ3v) is 4.11. The van der Waals surface area contributed by atoms with Gasteiger partial charge in [0.15, 0.2) is 17.0 Å². The molecule has 0 bridgehead atoms. The summed E-state index contributed by atoms with van der Waals surface area (Å²) in [5.74, 6) is 0.818. The fourth-order valence-electron chi connectivity index (χ4n) is 2.80. The summed E-state index contributed by atoms with van der Waals surface area (Å²) in [5, 5.41) is 2.73. The van der Waals surface area contributed by atoms with Crippen molar-refractivity contribution in [1.29, 1.82) is 0 Å². The maximum absolute atomic E-state index is 11.6. The summed E-state index contributed by atoms with van der Waals surface area (Å²) >= 11 is 0. The van der Waals surface area contributed by atoms with E-state index in [9.17, 15) is 4.79 Å². The lowest BCUT2D eigenvalue weighted by Crippen LogP contribution is -2.54. The van der Waals surface area contributed by atoms with Crippen molar-refractivity contribution < 1.29 is 9.53 Å². The van der Waals surface area contributed by atoms with E-state index in [-0.39, 0.29) is 18.2 Å². The van der Waals surface area contributed by atoms with Crippen LogP contribution in [0.25, 0.3) is 11.2 Å². The van der Waals surface area contributed by atoms with Crippen molar-refractivity contribution in [1.82, 2.24) is 24.8 Å². The van der Waals surface area contributed by atoms with Crippen LogP contribution in [0, 0.1) is 0 Å². The van der Waals surface area contributed by atoms with Crippen LogP contribution < -0.4 is 10.2 Å². The molecule has 0 unspecified atom stereocenters. The van der Waals surface area contributed by atoms with E-state index in [1.54, 1.807) is 6.33 Å². The molecule has 1 saturated heterocycles. The highest BCUT2D eigenvalue weighted by Gasteiger charge is 2.34. The van der Waals surface area contributed by atoms with Gasteiger partial charge in [-0.3, -0.25) is 0 Å². The normalized spacial score (nSPS) is 18.3. The predicted molar refractivity (Wildman–Crippen MR) is 84.3 cm³/mol. The van der Waals surface area contributed by atoms with E-state index in [2.05, 4.69) is 29.7 Å². The van der Waals surface area contributed by atoms with Gasteiger partial charge < -0.3 is 19.5 Å². The number of fused-ring (bicyclic) bond motifs is 1. The second-order valence-corrected chi connectivity index (χ2v) is 6.48. The molecule has 1 saturated carbocycles. The van der Waals surface area contributed by atoms with E-state index in [4.69, 9.17) is 4.74 Å². The molecule has 1 N–H and O–H groups in total. The third-order valence-electron chi connectivity index (χ3n) is 4.11. The molecule has 0 radical (unpaired) electrons. The van der Waals surface area contributed by atoms with Crippen LogP contribution in [0.3, 0.4) is 0 Å². The first-order valence-corrected chi connectivity index (χ1v) is 8.01. The quantitative estimate of drug-likeness (QED) is 0.920. The van der Waals surface area contributed by atoms with Gasteiger partial charge in [-0.05, 0) is 26.7 Å². The third kappa shape index (κ3) is 2.69. The van der Waals surface area contributed by atoms with Crippen LogP contribution in [0.5, 0.6) is 0 Å². The molecule has 1 aliphatic carbocycles. The van der Waals surface area contributed by atoms with Gasteiger partial charge in [-0.15, -0.1) is 0 Å². The van der Waals surface area contributed by atoms with Crippen LogP contribution in [0.15, 0.2) is 12.7 Å². The number of nitrogens with one attached hydrogen (secondary N) is 1. The average Bonchev–Trinajstić information content (AvgIpc) is 3.20. The number of amides is 1. The predicted octanol–water partition coefficient (Wildman–Crippen LogP) is 1.48. The molecule has 2 aliphatic rings. The number of hydrogen-bond acceptors (Lipinski definition) is 6. The molecule has 0 spiro atoms. The van der Waals surface area contributed by atoms with Gasteiger partial charge in [-0.25, -0.2) is 19.7 Å². The Hall–Kier alpha value is -2.38. The van der Waals surface area contributed by atoms with Crippen LogP contribution >= 0.6 is 0 Å². The Morgan fingerprint density at radius 2 is 2.09 bits per heavy atom. The minimum atomic E-state index is -0.365. The first-order chi connectivity index (χ1) is 11.1. The summed E-state index contributed by atoms with van der Waals surface area (Å²) in [7, 11) is 0. The van der Waals surface area contributed by atoms with Crippen molar-refractivity contribution in [3.8, 4) is 0 Å². The molecule has 23 heavy (non-hydrogen) atoms. The molecular formula is C15H20N6O2. The molecule has 1 amide bonds. The molecule has 2 aromatic heterocycles. The Morgan fingerprint density at radius 1 is 1.30 bits per heavy atom. The molecule has 4 rings (SSSR count). The molecule has 8 nitrogen and oxygen atoms in total. The van der Waals surface area contributed by atoms with Crippen molar-refractivity contribution in [3.05, 3.63) is 12.7 Å². The molecule has 1 aliphatic heterocycles. The Morgan fingerprint density at radius 3 is 2.78 bits per heavy atom. The van der Waals surface area contributed by atoms with Crippen LogP contribution in [-0.4, -0.2) is 50.8 Å². The number of hydrogen-bond donors (Lipinski definition) is 1. The Balaban J connectivity index is 1.44. The molecule has 2 fully saturated rings. The number of alkyl carbamates (subject to hydrolysis) is 1. The maximum Gasteiger partial charge on any atom is 0.407 e. The number of rotatable bonds is 4. The highest BCUT2D eigenvalue weighted by molar-refractivity contribution is 5.84. The van der Waals surface area contributed by atoms with Gasteiger partial charge in [-0.2, -0.15) is 0 Å². The summed E-state index contributed by atoms with van der Waals surface area (Å²) in [6.45, 7) is 5.08. The van der Waals surface area contributed by atoms with Gasteiger partial charge in [0.1, 0.15) is 12.4 Å². The van der Waals surface area contributed by atoms with Gasteiger partial charge in [0.2, 0.25) is 0 Å². The van der Waals surface area contributed by atoms with E-state index >= 15 is 0 Å². The number of ether oxygens (including phenoxy) is 1. The van der Waals surface area contributed by atoms with E-state index in [0.717, 1.165) is 17.0 Å². The van der Waals surface area contributed by atoms with Crippen LogP contribution in [0.1, 0.15) is 32.7 Å². The van der Waals surface area contributed by atoms with Crippen LogP contribution in [0.2, 0.25) is 0 Å². The monoisotopic (exact) mass is 316 g/mol. The number of aromatic nitrogens is 4. The number of anilines is 1. The molecule has 3 heterocycles. The average molecular weight is 316 g/mol. The largest absolute Gasteiger partial charge is 0.442 e. The summed E-state index contributed by atoms with van der Waals surface area (Å²) in [4.78, 5) is 26.9. The van der Waals surface area contributed by atoms with E-state index in [0.29, 0.717) is 19.1 Å². The van der Waals surface area contributed by atoms with Crippen molar-refractivity contribution in [2.24, 2.45) is 0 Å². The zero-order chi connectivity index (χ0) is 16.0. The Labute approximate surface area is 133 Å². The Kier molecular flexibility index (Phi) is 3.32. The molecule has 122 valence electrons. The fraction of sp³-hybridized carbons (Fsp3) is 0.600. The molecular weight excluding hydrogens is 296 g/mol. The zero-order valence-corrected chi connectivity index (χ0v) is 13.3. The lowest BCUT2D eigenvalue weighted by atomic mass is 10.1. The second-order valence-electron chi connectivity index (χ2n) is 6.48. The lowest BCUT2D eigenvalue weighted by Gasteiger charge is -2.39. The number of imidazole rings is 1. The number of carbonyl (C=O) groups excluding carboxylic acids is 1. The van der Waals surface area contributed by atoms with Crippen LogP contribution in [0.4, 0.5) is 10.6 Å². The molecule has 8 heteroatoms. The summed E-state index contributed by atoms with van der Waals surface area (Å²) in [6.07, 6.45) is 5.34. The van der Waals surface area contributed by atoms with Gasteiger partial charge in [0.05, 0.1) is 19.4 Å². The fourth-order valence-corrected chi connectivity index (χ4v) is 2.80. The smallest absolute Gasteiger partial charge is 0.407 e. The summed E-state index contributed by atoms with van der Waals surface area (Å²) in [6, 6.07) is 0.613. The summed E-state index contributed by atoms with van der Waals surface area (Å²) in [5.41, 5.74) is 1.71. The number of carbonyl (C=O) groups is 1. The lowest BCUT2D eigenvalue weighted by molar-refractivity contribution is 0.0791. The maximum atomic E-state index is 11.6. The minimum Gasteiger partial charge on any atom is -0.442 e. The first-order valence-electron chi connectivity index (χ1n) is 8.01. The van der Waals surface area contributed by atoms with Crippen molar-refractivity contribution in [2.45, 2.75) is 44.9 Å². The highest BCUT2D eigenvalue weighted by Crippen LogP contribution is 2.37. The second kappa shape index (κ2) is 5.36. The standard InChI is InChI=1S/C15H20N6O2/c1-9(2)19-15(22)23-11-5-20(6-11)13-12-14(17-7-16-13)21(8-18-12)10-3-4-10/h7-11H,3-6H2,1-2H3,(H,19,22). The van der Waals surface area contributed by atoms with E-state index in [1.165, 1.54) is 12.8 Å². The van der Waals surface area contributed by atoms with E-state index in [1.807, 2.05) is 20.2 Å². The van der Waals surface area contributed by atoms with Crippen LogP contribution in [-0.2, 0) is 4.74 Å². The summed E-state index contributed by atoms with van der Waals surface area (Å²) < 4.78 is 7.48. The van der Waals surface area contributed by atoms with Gasteiger partial charge in [0, 0.05) is 12.1 Å². The SMILES string of the molecule is CC(C)NC(=O)OC1CN(c2ncnc3c2ncn3C2CC2)C1. The van der Waals surface area contributed by atoms with Crippen molar-refractivity contribution in [3.63, 3.8) is 0 Å². The van der Waals surface area contributed by atoms with Gasteiger partial charge in [0.25, 0.3) is 0 Å². The van der Waals surface area contributed by atoms with E-state index < -0.39 is 0 Å². The number of nitrogens with zero attached hydrogens (tertiary/aromatic N) is 5. The molecule has 2 aromatic rings. The first kappa shape index (κ1) is 14.2.